The quantitative estimate of drug-likeness (QED) is 0.0911. The molecule has 13 rings (SSSR count). The van der Waals surface area contributed by atoms with Crippen molar-refractivity contribution in [3.63, 3.8) is 0 Å². The molecule has 0 saturated heterocycles. The summed E-state index contributed by atoms with van der Waals surface area (Å²) in [5.41, 5.74) is 11.3. The predicted molar refractivity (Wildman–Crippen MR) is 303 cm³/mol. The van der Waals surface area contributed by atoms with Gasteiger partial charge in [0.2, 0.25) is 0 Å². The summed E-state index contributed by atoms with van der Waals surface area (Å²) in [6, 6.07) is 77.2. The molecule has 0 atom stereocenters. The van der Waals surface area contributed by atoms with Gasteiger partial charge in [-0.15, -0.1) is 0 Å². The van der Waals surface area contributed by atoms with Gasteiger partial charge in [0.15, 0.2) is 0 Å². The van der Waals surface area contributed by atoms with Crippen LogP contribution in [0.15, 0.2) is 231 Å². The van der Waals surface area contributed by atoms with Gasteiger partial charge in [-0.2, -0.15) is 0 Å². The standard InChI is InChI=1S/C69H50O6/c70-53-27-22-45-39-63(67(72)41-50(45)35-53)60-14-4-3-13-59(60)58-12-2-1-11-57(58)47-20-19-43-24-29-55(37-48(43)33-47)74-31-9-10-32-75-56-30-25-44-21-26-52(34-49(44)38-56)69(66-40-46-23-28-54(71)36-51(46)42-68(66)73)64-17-7-5-15-61(64)62-16-6-8-18-65(62)69/h1-8,11-30,33-42,70-73H,9-10,31-32H2. The number of phenols is 4. The lowest BCUT2D eigenvalue weighted by Gasteiger charge is -2.34. The Morgan fingerprint density at radius 1 is 0.293 bits per heavy atom. The van der Waals surface area contributed by atoms with Gasteiger partial charge >= 0.3 is 0 Å². The summed E-state index contributed by atoms with van der Waals surface area (Å²) >= 11 is 0. The third-order valence-electron chi connectivity index (χ3n) is 15.1. The number of benzene rings is 12. The van der Waals surface area contributed by atoms with Crippen LogP contribution in [0.25, 0.3) is 87.6 Å². The summed E-state index contributed by atoms with van der Waals surface area (Å²) in [5.74, 6) is 2.24. The Labute approximate surface area is 434 Å². The minimum absolute atomic E-state index is 0.154. The Morgan fingerprint density at radius 3 is 1.36 bits per heavy atom. The lowest BCUT2D eigenvalue weighted by Crippen LogP contribution is -2.28. The van der Waals surface area contributed by atoms with E-state index >= 15 is 0 Å². The molecule has 1 aliphatic rings. The van der Waals surface area contributed by atoms with Crippen LogP contribution in [-0.4, -0.2) is 33.6 Å². The summed E-state index contributed by atoms with van der Waals surface area (Å²) in [5, 5.41) is 51.3. The van der Waals surface area contributed by atoms with Crippen LogP contribution in [-0.2, 0) is 5.41 Å². The Morgan fingerprint density at radius 2 is 0.747 bits per heavy atom. The summed E-state index contributed by atoms with van der Waals surface area (Å²) in [6.45, 7) is 1.08. The molecular weight excluding hydrogens is 925 g/mol. The maximum atomic E-state index is 12.0. The molecule has 0 radical (unpaired) electrons. The molecule has 0 saturated carbocycles. The molecule has 0 unspecified atom stereocenters. The molecule has 0 amide bonds. The molecule has 0 fully saturated rings. The second-order valence-corrected chi connectivity index (χ2v) is 19.6. The molecule has 0 heterocycles. The first kappa shape index (κ1) is 45.4. The van der Waals surface area contributed by atoms with Crippen molar-refractivity contribution in [1.29, 1.82) is 0 Å². The molecular formula is C69H50O6. The van der Waals surface area contributed by atoms with Gasteiger partial charge < -0.3 is 29.9 Å². The average Bonchev–Trinajstić information content (AvgIpc) is 3.75. The maximum absolute atomic E-state index is 12.0. The van der Waals surface area contributed by atoms with Gasteiger partial charge in [-0.05, 0) is 196 Å². The van der Waals surface area contributed by atoms with Crippen molar-refractivity contribution in [2.24, 2.45) is 0 Å². The topological polar surface area (TPSA) is 99.4 Å². The zero-order valence-electron chi connectivity index (χ0n) is 40.9. The molecule has 0 spiro atoms. The Kier molecular flexibility index (Phi) is 11.2. The van der Waals surface area contributed by atoms with Crippen LogP contribution < -0.4 is 9.47 Å². The SMILES string of the molecule is Oc1ccc2cc(-c3ccccc3-c3ccccc3-c3ccc4ccc(OCCCCOc5ccc6ccc(C7(c8cc9ccc(O)cc9cc8O)c8ccccc8-c8ccccc87)cc6c5)cc4c3)c(O)cc2c1. The van der Waals surface area contributed by atoms with Crippen LogP contribution in [0.3, 0.4) is 0 Å². The second-order valence-electron chi connectivity index (χ2n) is 19.6. The lowest BCUT2D eigenvalue weighted by atomic mass is 9.67. The number of hydrogen-bond acceptors (Lipinski definition) is 6. The van der Waals surface area contributed by atoms with Crippen LogP contribution in [0.2, 0.25) is 0 Å². The first-order valence-electron chi connectivity index (χ1n) is 25.4. The van der Waals surface area contributed by atoms with E-state index in [0.717, 1.165) is 134 Å². The largest absolute Gasteiger partial charge is 0.508 e. The van der Waals surface area contributed by atoms with E-state index in [1.165, 1.54) is 0 Å². The molecule has 6 heteroatoms. The van der Waals surface area contributed by atoms with Crippen LogP contribution in [0, 0.1) is 0 Å². The first-order valence-corrected chi connectivity index (χ1v) is 25.4. The smallest absolute Gasteiger partial charge is 0.124 e. The third kappa shape index (κ3) is 7.99. The van der Waals surface area contributed by atoms with E-state index in [0.29, 0.717) is 13.2 Å². The number of rotatable bonds is 12. The third-order valence-corrected chi connectivity index (χ3v) is 15.1. The highest BCUT2D eigenvalue weighted by molar-refractivity contribution is 5.99. The molecule has 0 aromatic heterocycles. The number of hydrogen-bond donors (Lipinski definition) is 4. The average molecular weight is 975 g/mol. The van der Waals surface area contributed by atoms with Gasteiger partial charge in [-0.3, -0.25) is 0 Å². The van der Waals surface area contributed by atoms with E-state index < -0.39 is 5.41 Å². The molecule has 362 valence electrons. The van der Waals surface area contributed by atoms with Crippen molar-refractivity contribution in [3.8, 4) is 79.0 Å². The molecule has 12 aromatic rings. The number of phenolic OH excluding ortho intramolecular Hbond substituents is 4. The Hall–Kier alpha value is -9.52. The Bertz CT molecular complexity index is 4170. The number of unbranched alkanes of at least 4 members (excludes halogenated alkanes) is 1. The van der Waals surface area contributed by atoms with Crippen molar-refractivity contribution in [2.75, 3.05) is 13.2 Å². The van der Waals surface area contributed by atoms with Gasteiger partial charge in [-0.25, -0.2) is 0 Å². The van der Waals surface area contributed by atoms with Crippen LogP contribution in [0.4, 0.5) is 0 Å². The molecule has 12 aromatic carbocycles. The zero-order chi connectivity index (χ0) is 50.6. The van der Waals surface area contributed by atoms with E-state index in [4.69, 9.17) is 9.47 Å². The zero-order valence-corrected chi connectivity index (χ0v) is 40.9. The number of aromatic hydroxyl groups is 4. The van der Waals surface area contributed by atoms with E-state index in [1.54, 1.807) is 36.4 Å². The highest BCUT2D eigenvalue weighted by Gasteiger charge is 2.47. The fraction of sp³-hybridized carbons (Fsp3) is 0.0725. The summed E-state index contributed by atoms with van der Waals surface area (Å²) in [4.78, 5) is 0. The summed E-state index contributed by atoms with van der Waals surface area (Å²) < 4.78 is 12.8. The minimum Gasteiger partial charge on any atom is -0.508 e. The van der Waals surface area contributed by atoms with E-state index in [1.807, 2.05) is 48.5 Å². The monoisotopic (exact) mass is 974 g/mol. The normalized spacial score (nSPS) is 12.5. The van der Waals surface area contributed by atoms with Crippen LogP contribution in [0.5, 0.6) is 34.5 Å². The minimum atomic E-state index is -0.819. The van der Waals surface area contributed by atoms with Crippen LogP contribution >= 0.6 is 0 Å². The van der Waals surface area contributed by atoms with E-state index in [2.05, 4.69) is 146 Å². The highest BCUT2D eigenvalue weighted by Crippen LogP contribution is 2.58. The summed E-state index contributed by atoms with van der Waals surface area (Å²) in [6.07, 6.45) is 1.62. The first-order chi connectivity index (χ1) is 36.8. The predicted octanol–water partition coefficient (Wildman–Crippen LogP) is 16.7. The molecule has 1 aliphatic carbocycles. The maximum Gasteiger partial charge on any atom is 0.124 e. The number of ether oxygens (including phenoxy) is 2. The van der Waals surface area contributed by atoms with Gasteiger partial charge in [0.25, 0.3) is 0 Å². The van der Waals surface area contributed by atoms with Crippen molar-refractivity contribution >= 4 is 43.1 Å². The van der Waals surface area contributed by atoms with Crippen molar-refractivity contribution in [1.82, 2.24) is 0 Å². The van der Waals surface area contributed by atoms with Crippen molar-refractivity contribution < 1.29 is 29.9 Å². The molecule has 0 aliphatic heterocycles. The lowest BCUT2D eigenvalue weighted by molar-refractivity contribution is 0.267. The molecule has 4 N–H and O–H groups in total. The fourth-order valence-corrected chi connectivity index (χ4v) is 11.6. The highest BCUT2D eigenvalue weighted by atomic mass is 16.5. The fourth-order valence-electron chi connectivity index (χ4n) is 11.6. The van der Waals surface area contributed by atoms with Crippen molar-refractivity contribution in [3.05, 3.63) is 253 Å². The van der Waals surface area contributed by atoms with Crippen LogP contribution in [0.1, 0.15) is 35.1 Å². The molecule has 0 bridgehead atoms. The van der Waals surface area contributed by atoms with E-state index in [-0.39, 0.29) is 23.0 Å². The van der Waals surface area contributed by atoms with Crippen molar-refractivity contribution in [2.45, 2.75) is 18.3 Å². The van der Waals surface area contributed by atoms with Gasteiger partial charge in [0.05, 0.1) is 18.6 Å². The summed E-state index contributed by atoms with van der Waals surface area (Å²) in [7, 11) is 0. The molecule has 6 nitrogen and oxygen atoms in total. The van der Waals surface area contributed by atoms with E-state index in [9.17, 15) is 20.4 Å². The molecule has 75 heavy (non-hydrogen) atoms. The number of fused-ring (bicyclic) bond motifs is 7. The van der Waals surface area contributed by atoms with Gasteiger partial charge in [-0.1, -0.05) is 146 Å². The second kappa shape index (κ2) is 18.5. The van der Waals surface area contributed by atoms with Gasteiger partial charge in [0, 0.05) is 11.1 Å². The Balaban J connectivity index is 0.718. The van der Waals surface area contributed by atoms with Gasteiger partial charge in [0.1, 0.15) is 34.5 Å².